The number of anilines is 2. The topological polar surface area (TPSA) is 111 Å². The lowest BCUT2D eigenvalue weighted by atomic mass is 10.2. The third-order valence-electron chi connectivity index (χ3n) is 4.20. The number of fused-ring (bicyclic) bond motifs is 1. The highest BCUT2D eigenvalue weighted by atomic mass is 32.1. The lowest BCUT2D eigenvalue weighted by Gasteiger charge is -2.09. The number of hydrogen-bond donors (Lipinski definition) is 2. The fourth-order valence-corrected chi connectivity index (χ4v) is 3.39. The van der Waals surface area contributed by atoms with Crippen LogP contribution in [-0.2, 0) is 18.4 Å². The van der Waals surface area contributed by atoms with Crippen LogP contribution in [0.4, 0.5) is 11.4 Å². The van der Waals surface area contributed by atoms with Gasteiger partial charge in [-0.15, -0.1) is 11.3 Å². The largest absolute Gasteiger partial charge is 0.325 e. The summed E-state index contributed by atoms with van der Waals surface area (Å²) >= 11 is 1.36. The number of carbonyl (C=O) groups is 2. The molecular formula is C19H16N6O3S. The molecule has 0 aliphatic carbocycles. The van der Waals surface area contributed by atoms with E-state index in [-0.39, 0.29) is 23.9 Å². The number of amides is 2. The molecule has 0 spiro atoms. The molecular weight excluding hydrogens is 392 g/mol. The standard InChI is InChI=1S/C19H16N6O3S/c1-24-17-14(9-21-24)19(28)25(11-20-17)10-16(26)22-12-4-6-13(7-5-12)23-18(27)15-3-2-8-29-15/h2-9,11H,10H2,1H3,(H,22,26)(H,23,27). The number of benzene rings is 1. The molecule has 0 unspecified atom stereocenters. The van der Waals surface area contributed by atoms with E-state index in [1.54, 1.807) is 37.4 Å². The highest BCUT2D eigenvalue weighted by Gasteiger charge is 2.11. The summed E-state index contributed by atoms with van der Waals surface area (Å²) in [4.78, 5) is 41.6. The molecule has 0 saturated carbocycles. The molecule has 4 rings (SSSR count). The van der Waals surface area contributed by atoms with Gasteiger partial charge in [-0.2, -0.15) is 5.10 Å². The van der Waals surface area contributed by atoms with E-state index in [0.717, 1.165) is 0 Å². The molecule has 3 aromatic heterocycles. The predicted octanol–water partition coefficient (Wildman–Crippen LogP) is 2.08. The maximum Gasteiger partial charge on any atom is 0.265 e. The molecule has 0 aliphatic heterocycles. The van der Waals surface area contributed by atoms with E-state index in [9.17, 15) is 14.4 Å². The van der Waals surface area contributed by atoms with E-state index in [1.807, 2.05) is 11.4 Å². The highest BCUT2D eigenvalue weighted by Crippen LogP contribution is 2.16. The molecule has 29 heavy (non-hydrogen) atoms. The van der Waals surface area contributed by atoms with Crippen molar-refractivity contribution in [2.24, 2.45) is 7.05 Å². The number of hydrogen-bond acceptors (Lipinski definition) is 6. The molecule has 0 atom stereocenters. The van der Waals surface area contributed by atoms with Crippen molar-refractivity contribution < 1.29 is 9.59 Å². The van der Waals surface area contributed by atoms with E-state index in [2.05, 4.69) is 20.7 Å². The van der Waals surface area contributed by atoms with E-state index in [4.69, 9.17) is 0 Å². The monoisotopic (exact) mass is 408 g/mol. The number of rotatable bonds is 5. The normalized spacial score (nSPS) is 10.8. The molecule has 3 heterocycles. The molecule has 0 bridgehead atoms. The fraction of sp³-hybridized carbons (Fsp3) is 0.105. The van der Waals surface area contributed by atoms with Crippen LogP contribution < -0.4 is 16.2 Å². The van der Waals surface area contributed by atoms with E-state index in [0.29, 0.717) is 27.3 Å². The van der Waals surface area contributed by atoms with Gasteiger partial charge in [0.25, 0.3) is 11.5 Å². The molecule has 4 aromatic rings. The third kappa shape index (κ3) is 3.92. The van der Waals surface area contributed by atoms with E-state index in [1.165, 1.54) is 33.1 Å². The first-order chi connectivity index (χ1) is 14.0. The van der Waals surface area contributed by atoms with Crippen LogP contribution in [0, 0.1) is 0 Å². The highest BCUT2D eigenvalue weighted by molar-refractivity contribution is 7.12. The van der Waals surface area contributed by atoms with Gasteiger partial charge in [-0.3, -0.25) is 23.6 Å². The van der Waals surface area contributed by atoms with Crippen molar-refractivity contribution in [3.8, 4) is 0 Å². The van der Waals surface area contributed by atoms with Gasteiger partial charge in [0.15, 0.2) is 5.65 Å². The van der Waals surface area contributed by atoms with Gasteiger partial charge in [-0.05, 0) is 35.7 Å². The number of carbonyl (C=O) groups excluding carboxylic acids is 2. The molecule has 0 fully saturated rings. The van der Waals surface area contributed by atoms with Gasteiger partial charge < -0.3 is 10.6 Å². The van der Waals surface area contributed by atoms with Crippen molar-refractivity contribution in [2.45, 2.75) is 6.54 Å². The molecule has 0 saturated heterocycles. The summed E-state index contributed by atoms with van der Waals surface area (Å²) in [5, 5.41) is 11.7. The Kier molecular flexibility index (Phi) is 4.92. The molecule has 2 amide bonds. The van der Waals surface area contributed by atoms with Gasteiger partial charge >= 0.3 is 0 Å². The SMILES string of the molecule is Cn1ncc2c(=O)n(CC(=O)Nc3ccc(NC(=O)c4cccs4)cc3)cnc21. The van der Waals surface area contributed by atoms with Crippen molar-refractivity contribution in [1.29, 1.82) is 0 Å². The molecule has 0 radical (unpaired) electrons. The Morgan fingerprint density at radius 2 is 1.83 bits per heavy atom. The summed E-state index contributed by atoms with van der Waals surface area (Å²) in [6, 6.07) is 10.3. The zero-order valence-corrected chi connectivity index (χ0v) is 16.1. The molecule has 10 heteroatoms. The van der Waals surface area contributed by atoms with Crippen LogP contribution in [0.1, 0.15) is 9.67 Å². The average Bonchev–Trinajstić information content (AvgIpc) is 3.36. The predicted molar refractivity (Wildman–Crippen MR) is 110 cm³/mol. The number of aromatic nitrogens is 4. The maximum atomic E-state index is 12.4. The second kappa shape index (κ2) is 7.68. The Hall–Kier alpha value is -3.79. The minimum Gasteiger partial charge on any atom is -0.325 e. The van der Waals surface area contributed by atoms with E-state index < -0.39 is 0 Å². The molecule has 0 aliphatic rings. The summed E-state index contributed by atoms with van der Waals surface area (Å²) in [7, 11) is 1.69. The number of thiophene rings is 1. The van der Waals surface area contributed by atoms with Crippen LogP contribution in [0.5, 0.6) is 0 Å². The molecule has 1 aromatic carbocycles. The number of nitrogens with one attached hydrogen (secondary N) is 2. The third-order valence-corrected chi connectivity index (χ3v) is 5.07. The zero-order chi connectivity index (χ0) is 20.4. The van der Waals surface area contributed by atoms with Crippen LogP contribution in [-0.4, -0.2) is 31.1 Å². The van der Waals surface area contributed by atoms with Gasteiger partial charge in [0.2, 0.25) is 5.91 Å². The van der Waals surface area contributed by atoms with Crippen LogP contribution in [0.25, 0.3) is 11.0 Å². The minimum absolute atomic E-state index is 0.173. The molecule has 2 N–H and O–H groups in total. The van der Waals surface area contributed by atoms with Crippen molar-refractivity contribution in [2.75, 3.05) is 10.6 Å². The zero-order valence-electron chi connectivity index (χ0n) is 15.3. The minimum atomic E-state index is -0.368. The summed E-state index contributed by atoms with van der Waals surface area (Å²) in [5.41, 5.74) is 1.30. The smallest absolute Gasteiger partial charge is 0.265 e. The molecule has 146 valence electrons. The first-order valence-electron chi connectivity index (χ1n) is 8.63. The Morgan fingerprint density at radius 3 is 2.52 bits per heavy atom. The Morgan fingerprint density at radius 1 is 1.10 bits per heavy atom. The first kappa shape index (κ1) is 18.6. The second-order valence-electron chi connectivity index (χ2n) is 6.24. The van der Waals surface area contributed by atoms with Crippen LogP contribution in [0.15, 0.2) is 59.1 Å². The summed E-state index contributed by atoms with van der Waals surface area (Å²) in [5.74, 6) is -0.554. The van der Waals surface area contributed by atoms with Crippen molar-refractivity contribution in [1.82, 2.24) is 19.3 Å². The first-order valence-corrected chi connectivity index (χ1v) is 9.51. The fourth-order valence-electron chi connectivity index (χ4n) is 2.77. The van der Waals surface area contributed by atoms with Crippen LogP contribution in [0.3, 0.4) is 0 Å². The van der Waals surface area contributed by atoms with Crippen molar-refractivity contribution >= 4 is 45.6 Å². The lowest BCUT2D eigenvalue weighted by molar-refractivity contribution is -0.116. The summed E-state index contributed by atoms with van der Waals surface area (Å²) in [6.07, 6.45) is 2.76. The van der Waals surface area contributed by atoms with Crippen LogP contribution in [0.2, 0.25) is 0 Å². The summed E-state index contributed by atoms with van der Waals surface area (Å²) in [6.45, 7) is -0.173. The number of aryl methyl sites for hydroxylation is 1. The van der Waals surface area contributed by atoms with Crippen molar-refractivity contribution in [3.05, 3.63) is 69.5 Å². The Labute approximate surface area is 168 Å². The second-order valence-corrected chi connectivity index (χ2v) is 7.19. The Bertz CT molecular complexity index is 1240. The lowest BCUT2D eigenvalue weighted by Crippen LogP contribution is -2.27. The summed E-state index contributed by atoms with van der Waals surface area (Å²) < 4.78 is 2.73. The number of nitrogens with zero attached hydrogens (tertiary/aromatic N) is 4. The van der Waals surface area contributed by atoms with Crippen LogP contribution >= 0.6 is 11.3 Å². The van der Waals surface area contributed by atoms with Gasteiger partial charge in [-0.1, -0.05) is 6.07 Å². The maximum absolute atomic E-state index is 12.4. The van der Waals surface area contributed by atoms with Crippen molar-refractivity contribution in [3.63, 3.8) is 0 Å². The van der Waals surface area contributed by atoms with Gasteiger partial charge in [0, 0.05) is 18.4 Å². The van der Waals surface area contributed by atoms with Gasteiger partial charge in [-0.25, -0.2) is 4.98 Å². The van der Waals surface area contributed by atoms with E-state index >= 15 is 0 Å². The van der Waals surface area contributed by atoms with Gasteiger partial charge in [0.05, 0.1) is 11.1 Å². The van der Waals surface area contributed by atoms with Gasteiger partial charge in [0.1, 0.15) is 18.3 Å². The average molecular weight is 408 g/mol. The quantitative estimate of drug-likeness (QED) is 0.525. The molecule has 9 nitrogen and oxygen atoms in total. The Balaban J connectivity index is 1.40.